The van der Waals surface area contributed by atoms with Crippen molar-refractivity contribution >= 4 is 16.9 Å². The number of aliphatic hydroxyl groups is 1. The Labute approximate surface area is 101 Å². The predicted molar refractivity (Wildman–Crippen MR) is 67.5 cm³/mol. The zero-order chi connectivity index (χ0) is 11.1. The normalized spacial score (nSPS) is 46.9. The van der Waals surface area contributed by atoms with Crippen LogP contribution in [-0.4, -0.2) is 27.8 Å². The summed E-state index contributed by atoms with van der Waals surface area (Å²) in [7, 11) is 0. The molecule has 3 rings (SSSR count). The van der Waals surface area contributed by atoms with Crippen molar-refractivity contribution in [3.05, 3.63) is 0 Å². The van der Waals surface area contributed by atoms with Crippen molar-refractivity contribution in [2.45, 2.75) is 56.5 Å². The number of aliphatic hydroxyl groups excluding tert-OH is 1. The van der Waals surface area contributed by atoms with E-state index in [4.69, 9.17) is 0 Å². The molecule has 1 aliphatic heterocycles. The zero-order valence-electron chi connectivity index (χ0n) is 9.72. The third-order valence-corrected chi connectivity index (χ3v) is 5.32. The Hall–Kier alpha value is -0.220. The number of fused-ring (bicyclic) bond motifs is 2. The highest BCUT2D eigenvalue weighted by Crippen LogP contribution is 2.42. The molecule has 2 fully saturated rings. The molecule has 2 bridgehead atoms. The molecule has 0 radical (unpaired) electrons. The van der Waals surface area contributed by atoms with Gasteiger partial charge < -0.3 is 10.4 Å². The van der Waals surface area contributed by atoms with Crippen molar-refractivity contribution in [3.63, 3.8) is 0 Å². The number of rotatable bonds is 1. The van der Waals surface area contributed by atoms with E-state index in [0.29, 0.717) is 6.04 Å². The fourth-order valence-electron chi connectivity index (χ4n) is 3.36. The quantitative estimate of drug-likeness (QED) is 0.736. The Morgan fingerprint density at radius 1 is 1.38 bits per heavy atom. The first-order valence-electron chi connectivity index (χ1n) is 6.41. The molecule has 3 nitrogen and oxygen atoms in total. The van der Waals surface area contributed by atoms with E-state index < -0.39 is 6.23 Å². The number of amidine groups is 1. The van der Waals surface area contributed by atoms with Crippen LogP contribution >= 0.6 is 11.8 Å². The van der Waals surface area contributed by atoms with Gasteiger partial charge in [-0.25, -0.2) is 4.99 Å². The summed E-state index contributed by atoms with van der Waals surface area (Å²) in [5, 5.41) is 14.3. The van der Waals surface area contributed by atoms with Crippen LogP contribution in [0.3, 0.4) is 0 Å². The maximum absolute atomic E-state index is 9.58. The SMILES string of the molecule is CC1SC(NC2CC3CCCC2C3)=NC1O. The van der Waals surface area contributed by atoms with Gasteiger partial charge in [0.05, 0.1) is 5.25 Å². The minimum Gasteiger partial charge on any atom is -0.371 e. The number of nitrogens with one attached hydrogen (secondary N) is 1. The van der Waals surface area contributed by atoms with Gasteiger partial charge in [-0.2, -0.15) is 0 Å². The van der Waals surface area contributed by atoms with Crippen molar-refractivity contribution < 1.29 is 5.11 Å². The molecule has 3 aliphatic rings. The van der Waals surface area contributed by atoms with Crippen LogP contribution in [0.2, 0.25) is 0 Å². The van der Waals surface area contributed by atoms with Gasteiger partial charge in [-0.1, -0.05) is 24.6 Å². The second-order valence-corrected chi connectivity index (χ2v) is 6.82. The molecule has 90 valence electrons. The first kappa shape index (κ1) is 10.9. The summed E-state index contributed by atoms with van der Waals surface area (Å²) >= 11 is 1.68. The van der Waals surface area contributed by atoms with Crippen LogP contribution in [0.15, 0.2) is 4.99 Å². The molecule has 0 aromatic heterocycles. The molecule has 5 atom stereocenters. The maximum Gasteiger partial charge on any atom is 0.159 e. The van der Waals surface area contributed by atoms with Crippen LogP contribution in [0.5, 0.6) is 0 Å². The lowest BCUT2D eigenvalue weighted by molar-refractivity contribution is 0.189. The predicted octanol–water partition coefficient (Wildman–Crippen LogP) is 1.96. The molecule has 5 unspecified atom stereocenters. The molecule has 0 aromatic rings. The summed E-state index contributed by atoms with van der Waals surface area (Å²) in [4.78, 5) is 4.27. The van der Waals surface area contributed by atoms with Gasteiger partial charge >= 0.3 is 0 Å². The van der Waals surface area contributed by atoms with E-state index in [1.165, 1.54) is 32.1 Å². The van der Waals surface area contributed by atoms with Crippen LogP contribution in [-0.2, 0) is 0 Å². The lowest BCUT2D eigenvalue weighted by Crippen LogP contribution is -2.35. The Morgan fingerprint density at radius 3 is 2.94 bits per heavy atom. The molecule has 0 spiro atoms. The second-order valence-electron chi connectivity index (χ2n) is 5.45. The number of nitrogens with zero attached hydrogens (tertiary/aromatic N) is 1. The Balaban J connectivity index is 1.61. The summed E-state index contributed by atoms with van der Waals surface area (Å²) in [5.74, 6) is 1.81. The molecular formula is C12H20N2OS. The largest absolute Gasteiger partial charge is 0.371 e. The van der Waals surface area contributed by atoms with Gasteiger partial charge in [0.15, 0.2) is 11.4 Å². The van der Waals surface area contributed by atoms with E-state index in [9.17, 15) is 5.11 Å². The topological polar surface area (TPSA) is 44.6 Å². The highest BCUT2D eigenvalue weighted by Gasteiger charge is 2.38. The third-order valence-electron chi connectivity index (χ3n) is 4.26. The highest BCUT2D eigenvalue weighted by molar-refractivity contribution is 8.14. The van der Waals surface area contributed by atoms with Gasteiger partial charge in [-0.15, -0.1) is 0 Å². The summed E-state index contributed by atoms with van der Waals surface area (Å²) in [5.41, 5.74) is 0. The average Bonchev–Trinajstić information content (AvgIpc) is 2.70. The summed E-state index contributed by atoms with van der Waals surface area (Å²) in [6.45, 7) is 2.03. The Bertz CT molecular complexity index is 307. The molecule has 0 aromatic carbocycles. The Morgan fingerprint density at radius 2 is 2.25 bits per heavy atom. The van der Waals surface area contributed by atoms with Gasteiger partial charge in [0, 0.05) is 6.04 Å². The third kappa shape index (κ3) is 1.97. The van der Waals surface area contributed by atoms with Crippen LogP contribution in [0.25, 0.3) is 0 Å². The van der Waals surface area contributed by atoms with Gasteiger partial charge in [0.2, 0.25) is 0 Å². The minimum absolute atomic E-state index is 0.211. The van der Waals surface area contributed by atoms with E-state index in [1.54, 1.807) is 11.8 Å². The van der Waals surface area contributed by atoms with E-state index >= 15 is 0 Å². The lowest BCUT2D eigenvalue weighted by atomic mass is 9.89. The van der Waals surface area contributed by atoms with Gasteiger partial charge in [-0.05, 0) is 38.0 Å². The van der Waals surface area contributed by atoms with Crippen LogP contribution in [0, 0.1) is 11.8 Å². The van der Waals surface area contributed by atoms with Crippen molar-refractivity contribution in [2.75, 3.05) is 0 Å². The van der Waals surface area contributed by atoms with E-state index in [1.807, 2.05) is 6.92 Å². The first-order valence-corrected chi connectivity index (χ1v) is 7.29. The maximum atomic E-state index is 9.58. The van der Waals surface area contributed by atoms with Crippen molar-refractivity contribution in [1.29, 1.82) is 0 Å². The summed E-state index contributed by atoms with van der Waals surface area (Å²) in [6, 6.07) is 0.622. The smallest absolute Gasteiger partial charge is 0.159 e. The van der Waals surface area contributed by atoms with E-state index in [0.717, 1.165) is 17.0 Å². The van der Waals surface area contributed by atoms with E-state index in [2.05, 4.69) is 10.3 Å². The van der Waals surface area contributed by atoms with Gasteiger partial charge in [-0.3, -0.25) is 0 Å². The zero-order valence-corrected chi connectivity index (χ0v) is 10.5. The standard InChI is InChI=1S/C12H20N2OS/c1-7-11(15)14-12(16-7)13-10-6-8-3-2-4-9(10)5-8/h7-11,15H,2-6H2,1H3,(H,13,14). The molecule has 0 amide bonds. The molecule has 1 heterocycles. The van der Waals surface area contributed by atoms with Crippen LogP contribution in [0.4, 0.5) is 0 Å². The lowest BCUT2D eigenvalue weighted by Gasteiger charge is -2.22. The molecule has 4 heteroatoms. The molecule has 0 saturated heterocycles. The molecule has 2 N–H and O–H groups in total. The number of hydrogen-bond acceptors (Lipinski definition) is 4. The molecule has 2 aliphatic carbocycles. The first-order chi connectivity index (χ1) is 7.72. The number of hydrogen-bond donors (Lipinski definition) is 2. The minimum atomic E-state index is -0.506. The van der Waals surface area contributed by atoms with Crippen molar-refractivity contribution in [3.8, 4) is 0 Å². The van der Waals surface area contributed by atoms with Crippen LogP contribution in [0.1, 0.15) is 39.0 Å². The number of aliphatic imine (C=N–C) groups is 1. The highest BCUT2D eigenvalue weighted by atomic mass is 32.2. The van der Waals surface area contributed by atoms with Crippen LogP contribution < -0.4 is 5.32 Å². The summed E-state index contributed by atoms with van der Waals surface area (Å²) < 4.78 is 0. The molecular weight excluding hydrogens is 220 g/mol. The second kappa shape index (κ2) is 4.22. The Kier molecular flexibility index (Phi) is 2.88. The number of thioether (sulfide) groups is 1. The monoisotopic (exact) mass is 240 g/mol. The molecule has 16 heavy (non-hydrogen) atoms. The fraction of sp³-hybridized carbons (Fsp3) is 0.917. The van der Waals surface area contributed by atoms with Gasteiger partial charge in [0.1, 0.15) is 0 Å². The van der Waals surface area contributed by atoms with Crippen molar-refractivity contribution in [1.82, 2.24) is 5.32 Å². The summed E-state index contributed by atoms with van der Waals surface area (Å²) in [6.07, 6.45) is 6.43. The average molecular weight is 240 g/mol. The molecule has 2 saturated carbocycles. The van der Waals surface area contributed by atoms with Crippen molar-refractivity contribution in [2.24, 2.45) is 16.8 Å². The van der Waals surface area contributed by atoms with E-state index in [-0.39, 0.29) is 5.25 Å². The van der Waals surface area contributed by atoms with Gasteiger partial charge in [0.25, 0.3) is 0 Å². The fourth-order valence-corrected chi connectivity index (χ4v) is 4.29.